The molecule has 2 atom stereocenters. The Bertz CT molecular complexity index is 110. The van der Waals surface area contributed by atoms with Crippen molar-refractivity contribution in [2.75, 3.05) is 0 Å². The minimum Gasteiger partial charge on any atom is -0.392 e. The van der Waals surface area contributed by atoms with Crippen molar-refractivity contribution in [3.8, 4) is 0 Å². The predicted octanol–water partition coefficient (Wildman–Crippen LogP) is 1.62. The molecule has 11 heavy (non-hydrogen) atoms. The van der Waals surface area contributed by atoms with E-state index >= 15 is 0 Å². The molecule has 2 unspecified atom stereocenters. The van der Waals surface area contributed by atoms with Crippen molar-refractivity contribution in [1.82, 2.24) is 0 Å². The quantitative estimate of drug-likeness (QED) is 0.617. The number of aldehydes is 1. The topological polar surface area (TPSA) is 37.3 Å². The molecule has 0 rings (SSSR count). The first kappa shape index (κ1) is 10.6. The van der Waals surface area contributed by atoms with Gasteiger partial charge in [0.05, 0.1) is 6.10 Å². The van der Waals surface area contributed by atoms with E-state index in [2.05, 4.69) is 13.8 Å². The Balaban J connectivity index is 3.51. The van der Waals surface area contributed by atoms with Gasteiger partial charge in [-0.05, 0) is 18.8 Å². The Kier molecular flexibility index (Phi) is 5.12. The van der Waals surface area contributed by atoms with Crippen LogP contribution in [0.5, 0.6) is 0 Å². The van der Waals surface area contributed by atoms with Gasteiger partial charge in [-0.25, -0.2) is 0 Å². The van der Waals surface area contributed by atoms with Crippen LogP contribution in [0.15, 0.2) is 0 Å². The summed E-state index contributed by atoms with van der Waals surface area (Å²) in [5.74, 6) is 0.386. The number of carbonyl (C=O) groups excluding carboxylic acids is 1. The summed E-state index contributed by atoms with van der Waals surface area (Å²) in [7, 11) is 0. The molecule has 1 N–H and O–H groups in total. The molecule has 2 nitrogen and oxygen atoms in total. The Morgan fingerprint density at radius 3 is 2.18 bits per heavy atom. The van der Waals surface area contributed by atoms with Crippen molar-refractivity contribution in [3.63, 3.8) is 0 Å². The number of aliphatic hydroxyl groups is 1. The Morgan fingerprint density at radius 2 is 1.82 bits per heavy atom. The zero-order chi connectivity index (χ0) is 8.85. The van der Waals surface area contributed by atoms with E-state index in [1.54, 1.807) is 6.92 Å². The maximum atomic E-state index is 10.2. The maximum Gasteiger partial charge on any atom is 0.125 e. The van der Waals surface area contributed by atoms with Crippen LogP contribution in [0.3, 0.4) is 0 Å². The van der Waals surface area contributed by atoms with E-state index in [-0.39, 0.29) is 5.92 Å². The van der Waals surface area contributed by atoms with Gasteiger partial charge >= 0.3 is 0 Å². The van der Waals surface area contributed by atoms with Crippen LogP contribution in [0.1, 0.15) is 33.6 Å². The van der Waals surface area contributed by atoms with Gasteiger partial charge in [0.1, 0.15) is 6.29 Å². The molecule has 0 fully saturated rings. The van der Waals surface area contributed by atoms with E-state index in [4.69, 9.17) is 0 Å². The van der Waals surface area contributed by atoms with Crippen LogP contribution in [0.2, 0.25) is 0 Å². The van der Waals surface area contributed by atoms with Crippen LogP contribution in [-0.2, 0) is 4.79 Å². The lowest BCUT2D eigenvalue weighted by Crippen LogP contribution is -2.19. The van der Waals surface area contributed by atoms with Gasteiger partial charge in [0, 0.05) is 5.92 Å². The van der Waals surface area contributed by atoms with E-state index in [1.165, 1.54) is 0 Å². The minimum absolute atomic E-state index is 0.214. The van der Waals surface area contributed by atoms with E-state index in [0.717, 1.165) is 19.1 Å². The monoisotopic (exact) mass is 158 g/mol. The Labute approximate surface area is 68.6 Å². The van der Waals surface area contributed by atoms with E-state index in [0.29, 0.717) is 5.92 Å². The molecule has 0 aliphatic heterocycles. The first-order valence-electron chi connectivity index (χ1n) is 4.21. The largest absolute Gasteiger partial charge is 0.392 e. The summed E-state index contributed by atoms with van der Waals surface area (Å²) in [6.45, 7) is 5.97. The average molecular weight is 158 g/mol. The van der Waals surface area contributed by atoms with Crippen molar-refractivity contribution < 1.29 is 9.90 Å². The fourth-order valence-electron chi connectivity index (χ4n) is 0.858. The van der Waals surface area contributed by atoms with Crippen LogP contribution in [0.25, 0.3) is 0 Å². The summed E-state index contributed by atoms with van der Waals surface area (Å²) in [5, 5.41) is 9.34. The molecule has 0 bridgehead atoms. The second-order valence-electron chi connectivity index (χ2n) is 3.53. The highest BCUT2D eigenvalue weighted by Crippen LogP contribution is 2.11. The molecule has 0 spiro atoms. The third-order valence-corrected chi connectivity index (χ3v) is 1.86. The number of carbonyl (C=O) groups is 1. The molecule has 0 saturated heterocycles. The van der Waals surface area contributed by atoms with Crippen molar-refractivity contribution in [1.29, 1.82) is 0 Å². The summed E-state index contributed by atoms with van der Waals surface area (Å²) >= 11 is 0. The van der Waals surface area contributed by atoms with Gasteiger partial charge in [0.2, 0.25) is 0 Å². The maximum absolute atomic E-state index is 10.2. The molecule has 0 aromatic carbocycles. The second kappa shape index (κ2) is 5.30. The average Bonchev–Trinajstić information content (AvgIpc) is 1.98. The van der Waals surface area contributed by atoms with Crippen LogP contribution < -0.4 is 0 Å². The normalized spacial score (nSPS) is 16.5. The molecule has 2 heteroatoms. The van der Waals surface area contributed by atoms with Crippen molar-refractivity contribution in [2.24, 2.45) is 11.8 Å². The standard InChI is InChI=1S/C9H18O2/c1-7(2)4-5-9(11)8(3)6-10/h6-9,11H,4-5H2,1-3H3. The van der Waals surface area contributed by atoms with Gasteiger partial charge < -0.3 is 9.90 Å². The van der Waals surface area contributed by atoms with E-state index in [1.807, 2.05) is 0 Å². The smallest absolute Gasteiger partial charge is 0.125 e. The Morgan fingerprint density at radius 1 is 1.27 bits per heavy atom. The third-order valence-electron chi connectivity index (χ3n) is 1.86. The fourth-order valence-corrected chi connectivity index (χ4v) is 0.858. The second-order valence-corrected chi connectivity index (χ2v) is 3.53. The summed E-state index contributed by atoms with van der Waals surface area (Å²) in [6.07, 6.45) is 2.08. The number of rotatable bonds is 5. The molecule has 0 aliphatic rings. The summed E-state index contributed by atoms with van der Waals surface area (Å²) < 4.78 is 0. The number of aliphatic hydroxyl groups excluding tert-OH is 1. The van der Waals surface area contributed by atoms with Crippen molar-refractivity contribution in [2.45, 2.75) is 39.7 Å². The summed E-state index contributed by atoms with van der Waals surface area (Å²) in [4.78, 5) is 10.2. The summed E-state index contributed by atoms with van der Waals surface area (Å²) in [5.41, 5.74) is 0. The molecule has 0 amide bonds. The van der Waals surface area contributed by atoms with Gasteiger partial charge in [0.15, 0.2) is 0 Å². The van der Waals surface area contributed by atoms with Gasteiger partial charge in [0.25, 0.3) is 0 Å². The highest BCUT2D eigenvalue weighted by atomic mass is 16.3. The molecular weight excluding hydrogens is 140 g/mol. The molecule has 0 aliphatic carbocycles. The van der Waals surface area contributed by atoms with Crippen LogP contribution in [0, 0.1) is 11.8 Å². The predicted molar refractivity (Wildman–Crippen MR) is 45.3 cm³/mol. The van der Waals surface area contributed by atoms with E-state index in [9.17, 15) is 9.90 Å². The molecule has 0 radical (unpaired) electrons. The highest BCUT2D eigenvalue weighted by molar-refractivity contribution is 5.53. The van der Waals surface area contributed by atoms with Crippen LogP contribution in [0.4, 0.5) is 0 Å². The summed E-state index contributed by atoms with van der Waals surface area (Å²) in [6, 6.07) is 0. The lowest BCUT2D eigenvalue weighted by molar-refractivity contribution is -0.113. The minimum atomic E-state index is -0.449. The van der Waals surface area contributed by atoms with Gasteiger partial charge in [-0.1, -0.05) is 20.8 Å². The van der Waals surface area contributed by atoms with Gasteiger partial charge in [-0.3, -0.25) is 0 Å². The van der Waals surface area contributed by atoms with Crippen molar-refractivity contribution in [3.05, 3.63) is 0 Å². The first-order valence-corrected chi connectivity index (χ1v) is 4.21. The van der Waals surface area contributed by atoms with Crippen molar-refractivity contribution >= 4 is 6.29 Å². The SMILES string of the molecule is CC(C)CCC(O)C(C)C=O. The molecule has 0 heterocycles. The zero-order valence-electron chi connectivity index (χ0n) is 7.58. The van der Waals surface area contributed by atoms with Gasteiger partial charge in [-0.15, -0.1) is 0 Å². The molecule has 0 aromatic rings. The highest BCUT2D eigenvalue weighted by Gasteiger charge is 2.12. The van der Waals surface area contributed by atoms with E-state index < -0.39 is 6.10 Å². The molecule has 0 saturated carbocycles. The van der Waals surface area contributed by atoms with Crippen LogP contribution in [-0.4, -0.2) is 17.5 Å². The van der Waals surface area contributed by atoms with Gasteiger partial charge in [-0.2, -0.15) is 0 Å². The first-order chi connectivity index (χ1) is 5.07. The number of hydrogen-bond acceptors (Lipinski definition) is 2. The molecule has 66 valence electrons. The molecular formula is C9H18O2. The fraction of sp³-hybridized carbons (Fsp3) is 0.889. The third kappa shape index (κ3) is 4.96. The Hall–Kier alpha value is -0.370. The molecule has 0 aromatic heterocycles. The number of hydrogen-bond donors (Lipinski definition) is 1. The van der Waals surface area contributed by atoms with Crippen LogP contribution >= 0.6 is 0 Å². The lowest BCUT2D eigenvalue weighted by Gasteiger charge is -2.13. The lowest BCUT2D eigenvalue weighted by atomic mass is 9.98. The zero-order valence-corrected chi connectivity index (χ0v) is 7.58.